The molecule has 0 unspecified atom stereocenters. The lowest BCUT2D eigenvalue weighted by Crippen LogP contribution is -2.39. The third kappa shape index (κ3) is 6.64. The molecule has 0 aromatic carbocycles. The number of carbonyl (C=O) groups is 1. The van der Waals surface area contributed by atoms with Crippen molar-refractivity contribution in [2.45, 2.75) is 26.2 Å². The summed E-state index contributed by atoms with van der Waals surface area (Å²) < 4.78 is 0. The molecule has 100 valence electrons. The van der Waals surface area contributed by atoms with Gasteiger partial charge in [0.1, 0.15) is 0 Å². The van der Waals surface area contributed by atoms with Crippen LogP contribution in [0.4, 0.5) is 0 Å². The van der Waals surface area contributed by atoms with Gasteiger partial charge in [-0.1, -0.05) is 0 Å². The van der Waals surface area contributed by atoms with Crippen molar-refractivity contribution in [2.24, 2.45) is 5.92 Å². The van der Waals surface area contributed by atoms with E-state index in [1.54, 1.807) is 0 Å². The molecular formula is C13H27N3O. The normalized spacial score (nSPS) is 15.3. The molecule has 0 radical (unpaired) electrons. The van der Waals surface area contributed by atoms with E-state index in [-0.39, 0.29) is 5.91 Å². The second-order valence-corrected chi connectivity index (χ2v) is 5.20. The minimum Gasteiger partial charge on any atom is -0.342 e. The molecule has 0 atom stereocenters. The first-order valence-electron chi connectivity index (χ1n) is 6.76. The van der Waals surface area contributed by atoms with Crippen molar-refractivity contribution >= 4 is 5.91 Å². The summed E-state index contributed by atoms with van der Waals surface area (Å²) in [7, 11) is 4.13. The first kappa shape index (κ1) is 14.5. The predicted octanol–water partition coefficient (Wildman–Crippen LogP) is 0.786. The van der Waals surface area contributed by atoms with Crippen LogP contribution in [0.1, 0.15) is 26.2 Å². The van der Waals surface area contributed by atoms with Crippen LogP contribution in [0.15, 0.2) is 0 Å². The van der Waals surface area contributed by atoms with Crippen LogP contribution in [0.2, 0.25) is 0 Å². The molecule has 4 nitrogen and oxygen atoms in total. The minimum atomic E-state index is 0.243. The lowest BCUT2D eigenvalue weighted by atomic mass is 10.3. The van der Waals surface area contributed by atoms with Gasteiger partial charge < -0.3 is 15.1 Å². The van der Waals surface area contributed by atoms with Crippen LogP contribution < -0.4 is 5.32 Å². The van der Waals surface area contributed by atoms with Gasteiger partial charge in [-0.2, -0.15) is 0 Å². The highest BCUT2D eigenvalue weighted by Crippen LogP contribution is 2.27. The summed E-state index contributed by atoms with van der Waals surface area (Å²) in [6, 6.07) is 0. The van der Waals surface area contributed by atoms with E-state index in [9.17, 15) is 4.79 Å². The smallest absolute Gasteiger partial charge is 0.236 e. The van der Waals surface area contributed by atoms with Crippen LogP contribution in [0.25, 0.3) is 0 Å². The van der Waals surface area contributed by atoms with Gasteiger partial charge in [0.2, 0.25) is 5.91 Å². The maximum absolute atomic E-state index is 11.9. The molecule has 1 rings (SSSR count). The van der Waals surface area contributed by atoms with Gasteiger partial charge in [-0.25, -0.2) is 0 Å². The second kappa shape index (κ2) is 7.67. The summed E-state index contributed by atoms with van der Waals surface area (Å²) in [6.07, 6.45) is 3.72. The Labute approximate surface area is 105 Å². The fraction of sp³-hybridized carbons (Fsp3) is 0.923. The van der Waals surface area contributed by atoms with Crippen LogP contribution in [0.3, 0.4) is 0 Å². The van der Waals surface area contributed by atoms with E-state index in [1.165, 1.54) is 12.8 Å². The van der Waals surface area contributed by atoms with Gasteiger partial charge in [0, 0.05) is 13.1 Å². The van der Waals surface area contributed by atoms with E-state index < -0.39 is 0 Å². The molecule has 1 aliphatic carbocycles. The molecule has 4 heteroatoms. The summed E-state index contributed by atoms with van der Waals surface area (Å²) in [6.45, 7) is 6.30. The lowest BCUT2D eigenvalue weighted by molar-refractivity contribution is -0.130. The highest BCUT2D eigenvalue weighted by Gasteiger charge is 2.21. The zero-order valence-electron chi connectivity index (χ0n) is 11.5. The van der Waals surface area contributed by atoms with Crippen LogP contribution in [0, 0.1) is 5.92 Å². The molecule has 0 heterocycles. The molecule has 17 heavy (non-hydrogen) atoms. The number of likely N-dealkylation sites (N-methyl/N-ethyl adjacent to an activating group) is 1. The van der Waals surface area contributed by atoms with Gasteiger partial charge in [-0.3, -0.25) is 4.79 Å². The molecule has 0 bridgehead atoms. The molecule has 1 aliphatic rings. The molecule has 0 spiro atoms. The number of rotatable bonds is 9. The van der Waals surface area contributed by atoms with Gasteiger partial charge in [-0.05, 0) is 59.3 Å². The summed E-state index contributed by atoms with van der Waals surface area (Å²) >= 11 is 0. The monoisotopic (exact) mass is 241 g/mol. The van der Waals surface area contributed by atoms with Crippen molar-refractivity contribution in [2.75, 3.05) is 46.8 Å². The molecule has 1 fully saturated rings. The van der Waals surface area contributed by atoms with E-state index in [0.717, 1.165) is 38.5 Å². The van der Waals surface area contributed by atoms with E-state index >= 15 is 0 Å². The average Bonchev–Trinajstić information content (AvgIpc) is 3.07. The number of nitrogens with zero attached hydrogens (tertiary/aromatic N) is 2. The molecule has 0 aliphatic heterocycles. The van der Waals surface area contributed by atoms with Crippen molar-refractivity contribution in [3.05, 3.63) is 0 Å². The average molecular weight is 241 g/mol. The van der Waals surface area contributed by atoms with Gasteiger partial charge in [0.15, 0.2) is 0 Å². The van der Waals surface area contributed by atoms with Crippen molar-refractivity contribution in [1.29, 1.82) is 0 Å². The van der Waals surface area contributed by atoms with Crippen LogP contribution in [-0.4, -0.2) is 62.5 Å². The summed E-state index contributed by atoms with van der Waals surface area (Å²) in [4.78, 5) is 16.0. The molecule has 0 aromatic heterocycles. The third-order valence-electron chi connectivity index (χ3n) is 3.17. The van der Waals surface area contributed by atoms with E-state index in [4.69, 9.17) is 0 Å². The minimum absolute atomic E-state index is 0.243. The van der Waals surface area contributed by atoms with Gasteiger partial charge in [-0.15, -0.1) is 0 Å². The van der Waals surface area contributed by atoms with Crippen molar-refractivity contribution < 1.29 is 4.79 Å². The Morgan fingerprint density at radius 2 is 2.00 bits per heavy atom. The quantitative estimate of drug-likeness (QED) is 0.648. The zero-order valence-corrected chi connectivity index (χ0v) is 11.5. The first-order chi connectivity index (χ1) is 8.13. The number of carbonyl (C=O) groups excluding carboxylic acids is 1. The third-order valence-corrected chi connectivity index (χ3v) is 3.17. The summed E-state index contributed by atoms with van der Waals surface area (Å²) in [5.74, 6) is 1.08. The number of nitrogens with one attached hydrogen (secondary N) is 1. The van der Waals surface area contributed by atoms with Crippen molar-refractivity contribution in [3.63, 3.8) is 0 Å². The van der Waals surface area contributed by atoms with E-state index in [0.29, 0.717) is 6.54 Å². The maximum atomic E-state index is 11.9. The molecular weight excluding hydrogens is 214 g/mol. The molecule has 1 saturated carbocycles. The fourth-order valence-corrected chi connectivity index (χ4v) is 1.85. The number of amides is 1. The Balaban J connectivity index is 2.10. The summed E-state index contributed by atoms with van der Waals surface area (Å²) in [5, 5.41) is 3.26. The van der Waals surface area contributed by atoms with Crippen LogP contribution >= 0.6 is 0 Å². The van der Waals surface area contributed by atoms with Crippen molar-refractivity contribution in [1.82, 2.24) is 15.1 Å². The lowest BCUT2D eigenvalue weighted by Gasteiger charge is -2.22. The second-order valence-electron chi connectivity index (χ2n) is 5.20. The van der Waals surface area contributed by atoms with Gasteiger partial charge >= 0.3 is 0 Å². The van der Waals surface area contributed by atoms with Crippen LogP contribution in [0.5, 0.6) is 0 Å². The maximum Gasteiger partial charge on any atom is 0.236 e. The Bertz CT molecular complexity index is 227. The predicted molar refractivity (Wildman–Crippen MR) is 71.0 cm³/mol. The topological polar surface area (TPSA) is 35.6 Å². The summed E-state index contributed by atoms with van der Waals surface area (Å²) in [5.41, 5.74) is 0. The molecule has 1 N–H and O–H groups in total. The van der Waals surface area contributed by atoms with E-state index in [2.05, 4.69) is 31.2 Å². The van der Waals surface area contributed by atoms with Crippen LogP contribution in [-0.2, 0) is 4.79 Å². The standard InChI is InChI=1S/C13H27N3O/c1-4-16(9-5-8-15(2)3)13(17)11-14-10-12-6-7-12/h12,14H,4-11H2,1-3H3. The Morgan fingerprint density at radius 3 is 2.53 bits per heavy atom. The fourth-order valence-electron chi connectivity index (χ4n) is 1.85. The largest absolute Gasteiger partial charge is 0.342 e. The highest BCUT2D eigenvalue weighted by atomic mass is 16.2. The Hall–Kier alpha value is -0.610. The Kier molecular flexibility index (Phi) is 6.52. The molecule has 0 saturated heterocycles. The van der Waals surface area contributed by atoms with Crippen molar-refractivity contribution in [3.8, 4) is 0 Å². The first-order valence-corrected chi connectivity index (χ1v) is 6.76. The van der Waals surface area contributed by atoms with Gasteiger partial charge in [0.25, 0.3) is 0 Å². The SMILES string of the molecule is CCN(CCCN(C)C)C(=O)CNCC1CC1. The number of hydrogen-bond acceptors (Lipinski definition) is 3. The molecule has 1 amide bonds. The van der Waals surface area contributed by atoms with Gasteiger partial charge in [0.05, 0.1) is 6.54 Å². The number of hydrogen-bond donors (Lipinski definition) is 1. The zero-order chi connectivity index (χ0) is 12.7. The molecule has 0 aromatic rings. The Morgan fingerprint density at radius 1 is 1.29 bits per heavy atom. The highest BCUT2D eigenvalue weighted by molar-refractivity contribution is 5.78. The van der Waals surface area contributed by atoms with E-state index in [1.807, 2.05) is 4.90 Å².